The molecule has 0 fully saturated rings. The van der Waals surface area contributed by atoms with E-state index in [1.807, 2.05) is 12.1 Å². The average Bonchev–Trinajstić information content (AvgIpc) is 2.86. The molecule has 0 spiro atoms. The van der Waals surface area contributed by atoms with Crippen molar-refractivity contribution in [3.05, 3.63) is 17.0 Å². The SMILES string of the molecule is COCc1ccc(-c2nnnn2CC(=O)O)s1. The van der Waals surface area contributed by atoms with E-state index >= 15 is 0 Å². The van der Waals surface area contributed by atoms with Gasteiger partial charge in [-0.05, 0) is 22.6 Å². The van der Waals surface area contributed by atoms with Gasteiger partial charge in [-0.1, -0.05) is 0 Å². The van der Waals surface area contributed by atoms with E-state index in [-0.39, 0.29) is 6.54 Å². The van der Waals surface area contributed by atoms with Gasteiger partial charge in [0.2, 0.25) is 0 Å². The number of aromatic nitrogens is 4. The lowest BCUT2D eigenvalue weighted by Crippen LogP contribution is -2.11. The number of nitrogens with zero attached hydrogens (tertiary/aromatic N) is 4. The lowest BCUT2D eigenvalue weighted by Gasteiger charge is -1.98. The predicted molar refractivity (Wildman–Crippen MR) is 59.5 cm³/mol. The van der Waals surface area contributed by atoms with Crippen LogP contribution in [0.15, 0.2) is 12.1 Å². The number of methoxy groups -OCH3 is 1. The average molecular weight is 254 g/mol. The molecule has 0 saturated heterocycles. The molecule has 17 heavy (non-hydrogen) atoms. The van der Waals surface area contributed by atoms with Gasteiger partial charge < -0.3 is 9.84 Å². The van der Waals surface area contributed by atoms with Crippen molar-refractivity contribution in [2.45, 2.75) is 13.2 Å². The molecule has 2 aromatic rings. The van der Waals surface area contributed by atoms with Crippen LogP contribution in [0.2, 0.25) is 0 Å². The fraction of sp³-hybridized carbons (Fsp3) is 0.333. The van der Waals surface area contributed by atoms with Gasteiger partial charge in [-0.15, -0.1) is 16.4 Å². The van der Waals surface area contributed by atoms with Gasteiger partial charge in [0.1, 0.15) is 6.54 Å². The molecular formula is C9H10N4O3S. The molecule has 0 unspecified atom stereocenters. The van der Waals surface area contributed by atoms with Crippen LogP contribution in [-0.4, -0.2) is 38.4 Å². The lowest BCUT2D eigenvalue weighted by atomic mass is 10.4. The summed E-state index contributed by atoms with van der Waals surface area (Å²) < 4.78 is 6.27. The Labute approximate surface area is 101 Å². The number of ether oxygens (including phenoxy) is 1. The largest absolute Gasteiger partial charge is 0.480 e. The first kappa shape index (κ1) is 11.7. The van der Waals surface area contributed by atoms with E-state index in [9.17, 15) is 4.79 Å². The van der Waals surface area contributed by atoms with Crippen molar-refractivity contribution >= 4 is 17.3 Å². The van der Waals surface area contributed by atoms with Crippen LogP contribution in [0, 0.1) is 0 Å². The molecule has 2 heterocycles. The van der Waals surface area contributed by atoms with Gasteiger partial charge in [0.15, 0.2) is 5.82 Å². The second-order valence-corrected chi connectivity index (χ2v) is 4.42. The Morgan fingerprint density at radius 1 is 1.59 bits per heavy atom. The maximum atomic E-state index is 10.6. The van der Waals surface area contributed by atoms with Crippen LogP contribution >= 0.6 is 11.3 Å². The molecular weight excluding hydrogens is 244 g/mol. The van der Waals surface area contributed by atoms with E-state index in [1.165, 1.54) is 16.0 Å². The molecule has 0 bridgehead atoms. The number of tetrazole rings is 1. The highest BCUT2D eigenvalue weighted by Gasteiger charge is 2.13. The van der Waals surface area contributed by atoms with Crippen LogP contribution in [0.4, 0.5) is 0 Å². The highest BCUT2D eigenvalue weighted by atomic mass is 32.1. The summed E-state index contributed by atoms with van der Waals surface area (Å²) in [6.45, 7) is 0.269. The minimum absolute atomic E-state index is 0.250. The Balaban J connectivity index is 2.26. The van der Waals surface area contributed by atoms with E-state index in [0.717, 1.165) is 9.75 Å². The van der Waals surface area contributed by atoms with Gasteiger partial charge in [0.05, 0.1) is 11.5 Å². The van der Waals surface area contributed by atoms with Gasteiger partial charge in [0.25, 0.3) is 0 Å². The first-order chi connectivity index (χ1) is 8.20. The third kappa shape index (κ3) is 2.66. The van der Waals surface area contributed by atoms with Crippen molar-refractivity contribution in [3.8, 4) is 10.7 Å². The summed E-state index contributed by atoms with van der Waals surface area (Å²) in [6, 6.07) is 3.76. The summed E-state index contributed by atoms with van der Waals surface area (Å²) in [6.07, 6.45) is 0. The summed E-state index contributed by atoms with van der Waals surface area (Å²) >= 11 is 1.48. The number of hydrogen-bond donors (Lipinski definition) is 1. The molecule has 90 valence electrons. The summed E-state index contributed by atoms with van der Waals surface area (Å²) in [5.74, 6) is -0.521. The summed E-state index contributed by atoms with van der Waals surface area (Å²) in [7, 11) is 1.62. The van der Waals surface area contributed by atoms with Crippen molar-refractivity contribution in [2.24, 2.45) is 0 Å². The second kappa shape index (κ2) is 5.02. The number of thiophene rings is 1. The molecule has 1 N–H and O–H groups in total. The zero-order valence-electron chi connectivity index (χ0n) is 9.03. The van der Waals surface area contributed by atoms with E-state index in [2.05, 4.69) is 15.5 Å². The maximum Gasteiger partial charge on any atom is 0.325 e. The highest BCUT2D eigenvalue weighted by molar-refractivity contribution is 7.15. The first-order valence-corrected chi connectivity index (χ1v) is 5.58. The zero-order valence-corrected chi connectivity index (χ0v) is 9.85. The second-order valence-electron chi connectivity index (χ2n) is 3.25. The molecule has 7 nitrogen and oxygen atoms in total. The Morgan fingerprint density at radius 3 is 3.12 bits per heavy atom. The number of aliphatic carboxylic acids is 1. The third-order valence-corrected chi connectivity index (χ3v) is 3.04. The summed E-state index contributed by atoms with van der Waals surface area (Å²) in [4.78, 5) is 12.5. The van der Waals surface area contributed by atoms with Crippen molar-refractivity contribution < 1.29 is 14.6 Å². The smallest absolute Gasteiger partial charge is 0.325 e. The van der Waals surface area contributed by atoms with Gasteiger partial charge >= 0.3 is 5.97 Å². The molecule has 0 radical (unpaired) electrons. The Bertz CT molecular complexity index is 522. The van der Waals surface area contributed by atoms with Gasteiger partial charge in [0, 0.05) is 12.0 Å². The van der Waals surface area contributed by atoms with E-state index < -0.39 is 5.97 Å². The number of carboxylic acids is 1. The summed E-state index contributed by atoms with van der Waals surface area (Å²) in [5.41, 5.74) is 0. The molecule has 0 aliphatic rings. The van der Waals surface area contributed by atoms with E-state index in [4.69, 9.17) is 9.84 Å². The van der Waals surface area contributed by atoms with Crippen molar-refractivity contribution in [2.75, 3.05) is 7.11 Å². The Hall–Kier alpha value is -1.80. The summed E-state index contributed by atoms with van der Waals surface area (Å²) in [5, 5.41) is 19.7. The standard InChI is InChI=1S/C9H10N4O3S/c1-16-5-6-2-3-7(17-6)9-10-11-12-13(9)4-8(14)15/h2-3H,4-5H2,1H3,(H,14,15). The van der Waals surface area contributed by atoms with Crippen LogP contribution in [-0.2, 0) is 22.7 Å². The Kier molecular flexibility index (Phi) is 3.45. The number of carbonyl (C=O) groups is 1. The van der Waals surface area contributed by atoms with Crippen LogP contribution in [0.1, 0.15) is 4.88 Å². The number of rotatable bonds is 5. The van der Waals surface area contributed by atoms with Gasteiger partial charge in [-0.2, -0.15) is 0 Å². The molecule has 2 rings (SSSR count). The molecule has 0 saturated carbocycles. The fourth-order valence-electron chi connectivity index (χ4n) is 1.33. The predicted octanol–water partition coefficient (Wildman–Crippen LogP) is 0.633. The number of carboxylic acid groups (broad SMARTS) is 1. The van der Waals surface area contributed by atoms with E-state index in [0.29, 0.717) is 12.4 Å². The monoisotopic (exact) mass is 254 g/mol. The third-order valence-electron chi connectivity index (χ3n) is 1.99. The van der Waals surface area contributed by atoms with Crippen molar-refractivity contribution in [1.82, 2.24) is 20.2 Å². The van der Waals surface area contributed by atoms with Crippen LogP contribution in [0.5, 0.6) is 0 Å². The Morgan fingerprint density at radius 2 is 2.41 bits per heavy atom. The minimum Gasteiger partial charge on any atom is -0.480 e. The molecule has 0 aliphatic heterocycles. The van der Waals surface area contributed by atoms with Crippen LogP contribution < -0.4 is 0 Å². The molecule has 0 aromatic carbocycles. The lowest BCUT2D eigenvalue weighted by molar-refractivity contribution is -0.137. The van der Waals surface area contributed by atoms with Gasteiger partial charge in [-0.3, -0.25) is 4.79 Å². The van der Waals surface area contributed by atoms with Crippen molar-refractivity contribution in [3.63, 3.8) is 0 Å². The minimum atomic E-state index is -0.979. The quantitative estimate of drug-likeness (QED) is 0.841. The number of hydrogen-bond acceptors (Lipinski definition) is 6. The molecule has 0 aliphatic carbocycles. The van der Waals surface area contributed by atoms with Crippen LogP contribution in [0.25, 0.3) is 10.7 Å². The van der Waals surface area contributed by atoms with Crippen LogP contribution in [0.3, 0.4) is 0 Å². The molecule has 0 atom stereocenters. The first-order valence-electron chi connectivity index (χ1n) is 4.76. The topological polar surface area (TPSA) is 90.1 Å². The normalized spacial score (nSPS) is 10.6. The molecule has 0 amide bonds. The maximum absolute atomic E-state index is 10.6. The van der Waals surface area contributed by atoms with Gasteiger partial charge in [-0.25, -0.2) is 4.68 Å². The van der Waals surface area contributed by atoms with Crippen molar-refractivity contribution in [1.29, 1.82) is 0 Å². The highest BCUT2D eigenvalue weighted by Crippen LogP contribution is 2.26. The molecule has 2 aromatic heterocycles. The molecule has 8 heteroatoms. The zero-order chi connectivity index (χ0) is 12.3. The fourth-order valence-corrected chi connectivity index (χ4v) is 2.30. The van der Waals surface area contributed by atoms with E-state index in [1.54, 1.807) is 7.11 Å².